The number of aliphatic hydroxyl groups excluding tert-OH is 1. The van der Waals surface area contributed by atoms with Crippen molar-refractivity contribution < 1.29 is 14.6 Å². The van der Waals surface area contributed by atoms with E-state index in [1.54, 1.807) is 24.3 Å². The number of aromatic nitrogens is 2. The summed E-state index contributed by atoms with van der Waals surface area (Å²) in [6.45, 7) is 1.15. The molecule has 1 heterocycles. The van der Waals surface area contributed by atoms with Crippen LogP contribution in [0.3, 0.4) is 0 Å². The number of azo groups is 1. The minimum Gasteiger partial charge on any atom is -0.391 e. The van der Waals surface area contributed by atoms with Gasteiger partial charge in [-0.2, -0.15) is 15.1 Å². The normalized spacial score (nSPS) is 20.5. The maximum Gasteiger partial charge on any atom is 0.223 e. The second-order valence-electron chi connectivity index (χ2n) is 9.72. The minimum atomic E-state index is -0.817. The molecule has 9 nitrogen and oxygen atoms in total. The number of nitrogen functional groups attached to an aromatic ring is 1. The van der Waals surface area contributed by atoms with Gasteiger partial charge in [0, 0.05) is 10.9 Å². The first-order chi connectivity index (χ1) is 20.0. The standard InChI is InChI=1S/C30H30Cl2N6O3/c31-21-11-13-22(14-12-21)37-38-26-28(32)35-30(33)36-29(26)34-24-15-25(41-17-20-9-5-2-6-10-20)23(27(24)39)18-40-16-19-7-3-1-4-8-19/h1-14,23-25,27,39H,15-18H2,(H3,33,34,35,36)/t23-,24+,25+,27+/m1/s1/i28+1,29+1,38+1. The first kappa shape index (κ1) is 28.9. The first-order valence-electron chi connectivity index (χ1n) is 13.2. The van der Waals surface area contributed by atoms with E-state index in [2.05, 4.69) is 25.5 Å². The molecule has 3 aromatic carbocycles. The van der Waals surface area contributed by atoms with Gasteiger partial charge >= 0.3 is 0 Å². The molecule has 0 radical (unpaired) electrons. The zero-order valence-electron chi connectivity index (χ0n) is 22.1. The maximum absolute atomic E-state index is 11.4. The molecule has 1 aliphatic rings. The third-order valence-electron chi connectivity index (χ3n) is 6.82. The molecular weight excluding hydrogens is 566 g/mol. The van der Waals surface area contributed by atoms with Gasteiger partial charge in [0.15, 0.2) is 16.7 Å². The number of benzene rings is 3. The lowest BCUT2D eigenvalue weighted by Gasteiger charge is -2.23. The summed E-state index contributed by atoms with van der Waals surface area (Å²) in [4.78, 5) is 8.34. The molecule has 5 rings (SSSR count). The van der Waals surface area contributed by atoms with Crippen molar-refractivity contribution in [3.05, 3.63) is 106 Å². The van der Waals surface area contributed by atoms with Gasteiger partial charge in [-0.15, -0.1) is 5.11 Å². The van der Waals surface area contributed by atoms with Gasteiger partial charge in [-0.1, -0.05) is 83.9 Å². The van der Waals surface area contributed by atoms with Crippen LogP contribution in [0.4, 0.5) is 23.1 Å². The number of anilines is 2. The summed E-state index contributed by atoms with van der Waals surface area (Å²) in [6, 6.07) is 26.2. The van der Waals surface area contributed by atoms with E-state index < -0.39 is 12.1 Å². The highest BCUT2D eigenvalue weighted by Crippen LogP contribution is 2.37. The molecular formula is C30H30Cl2N6O3. The number of hydrogen-bond acceptors (Lipinski definition) is 9. The average Bonchev–Trinajstić information content (AvgIpc) is 3.27. The number of hydrogen-bond donors (Lipinski definition) is 3. The van der Waals surface area contributed by atoms with E-state index in [1.807, 2.05) is 60.7 Å². The van der Waals surface area contributed by atoms with Crippen LogP contribution in [0.5, 0.6) is 0 Å². The van der Waals surface area contributed by atoms with Crippen molar-refractivity contribution >= 4 is 46.3 Å². The molecule has 0 spiro atoms. The van der Waals surface area contributed by atoms with E-state index in [0.717, 1.165) is 11.1 Å². The number of rotatable bonds is 11. The fourth-order valence-electron chi connectivity index (χ4n) is 4.71. The van der Waals surface area contributed by atoms with Crippen LogP contribution in [0.1, 0.15) is 17.5 Å². The molecule has 11 heteroatoms. The van der Waals surface area contributed by atoms with Crippen molar-refractivity contribution in [2.75, 3.05) is 17.7 Å². The lowest BCUT2D eigenvalue weighted by molar-refractivity contribution is -0.0463. The van der Waals surface area contributed by atoms with Crippen molar-refractivity contribution in [1.29, 1.82) is 0 Å². The van der Waals surface area contributed by atoms with Gasteiger partial charge in [0.25, 0.3) is 0 Å². The minimum absolute atomic E-state index is 0.0322. The topological polar surface area (TPSA) is 127 Å². The summed E-state index contributed by atoms with van der Waals surface area (Å²) < 4.78 is 12.4. The molecule has 0 aliphatic heterocycles. The fourth-order valence-corrected chi connectivity index (χ4v) is 5.05. The Balaban J connectivity index is 1.33. The zero-order valence-corrected chi connectivity index (χ0v) is 23.6. The second-order valence-corrected chi connectivity index (χ2v) is 10.5. The molecule has 1 aliphatic carbocycles. The largest absolute Gasteiger partial charge is 0.391 e. The van der Waals surface area contributed by atoms with Gasteiger partial charge in [0.1, 0.15) is 0 Å². The molecule has 4 aromatic rings. The number of aliphatic hydroxyl groups is 1. The number of nitrogens with two attached hydrogens (primary N) is 1. The van der Waals surface area contributed by atoms with Crippen LogP contribution in [0.15, 0.2) is 95.2 Å². The van der Waals surface area contributed by atoms with E-state index in [9.17, 15) is 5.11 Å². The van der Waals surface area contributed by atoms with Gasteiger partial charge in [-0.25, -0.2) is 0 Å². The molecule has 4 N–H and O–H groups in total. The van der Waals surface area contributed by atoms with E-state index in [1.165, 1.54) is 0 Å². The van der Waals surface area contributed by atoms with Crippen LogP contribution in [-0.4, -0.2) is 39.9 Å². The smallest absolute Gasteiger partial charge is 0.223 e. The Morgan fingerprint density at radius 3 is 2.22 bits per heavy atom. The molecule has 1 saturated carbocycles. The lowest BCUT2D eigenvalue weighted by Crippen LogP contribution is -2.35. The van der Waals surface area contributed by atoms with Crippen molar-refractivity contribution in [3.8, 4) is 0 Å². The van der Waals surface area contributed by atoms with Crippen LogP contribution < -0.4 is 11.1 Å². The maximum atomic E-state index is 11.4. The van der Waals surface area contributed by atoms with Crippen molar-refractivity contribution in [2.24, 2.45) is 16.1 Å². The second kappa shape index (κ2) is 13.8. The molecule has 4 atom stereocenters. The summed E-state index contributed by atoms with van der Waals surface area (Å²) in [5.74, 6) is -0.0688. The Bertz CT molecular complexity index is 1440. The Hall–Kier alpha value is -3.60. The predicted octanol–water partition coefficient (Wildman–Crippen LogP) is 6.74. The average molecular weight is 596 g/mol. The highest BCUT2D eigenvalue weighted by molar-refractivity contribution is 6.32. The lowest BCUT2D eigenvalue weighted by atomic mass is 10.0. The van der Waals surface area contributed by atoms with Gasteiger partial charge in [0.05, 0.1) is 43.8 Å². The van der Waals surface area contributed by atoms with Crippen LogP contribution in [0, 0.1) is 5.92 Å². The fraction of sp³-hybridized carbons (Fsp3) is 0.267. The van der Waals surface area contributed by atoms with Crippen LogP contribution in [-0.2, 0) is 22.7 Å². The highest BCUT2D eigenvalue weighted by atomic mass is 35.5. The molecule has 0 bridgehead atoms. The SMILES string of the molecule is Nc1n[13c](Cl)c([15N]=Nc2ccc(Cl)cc2)[13c](N[C@H]2C[C@H](OCc3ccccc3)[C@@H](COCc3ccccc3)[C@@H]2O)n1. The Morgan fingerprint density at radius 1 is 0.878 bits per heavy atom. The molecule has 1 fully saturated rings. The Kier molecular flexibility index (Phi) is 9.76. The van der Waals surface area contributed by atoms with Crippen LogP contribution in [0.25, 0.3) is 0 Å². The summed E-state index contributed by atoms with van der Waals surface area (Å²) in [6.07, 6.45) is -0.613. The highest BCUT2D eigenvalue weighted by Gasteiger charge is 2.44. The van der Waals surface area contributed by atoms with E-state index in [0.29, 0.717) is 37.0 Å². The van der Waals surface area contributed by atoms with E-state index >= 15 is 0 Å². The Labute approximate surface area is 248 Å². The molecule has 0 amide bonds. The summed E-state index contributed by atoms with van der Waals surface area (Å²) >= 11 is 12.4. The van der Waals surface area contributed by atoms with Crippen molar-refractivity contribution in [1.82, 2.24) is 9.97 Å². The molecule has 1 aromatic heterocycles. The van der Waals surface area contributed by atoms with Gasteiger partial charge < -0.3 is 25.6 Å². The van der Waals surface area contributed by atoms with Crippen molar-refractivity contribution in [3.63, 3.8) is 0 Å². The van der Waals surface area contributed by atoms with Gasteiger partial charge in [-0.3, -0.25) is 0 Å². The van der Waals surface area contributed by atoms with E-state index in [-0.39, 0.29) is 34.6 Å². The third kappa shape index (κ3) is 7.78. The number of nitrogens with one attached hydrogen (secondary N) is 1. The summed E-state index contributed by atoms with van der Waals surface area (Å²) in [7, 11) is 0. The van der Waals surface area contributed by atoms with Crippen LogP contribution in [0.2, 0.25) is 10.2 Å². The quantitative estimate of drug-likeness (QED) is 0.0994. The van der Waals surface area contributed by atoms with Crippen molar-refractivity contribution in [2.45, 2.75) is 37.9 Å². The predicted molar refractivity (Wildman–Crippen MR) is 160 cm³/mol. The summed E-state index contributed by atoms with van der Waals surface area (Å²) in [5.41, 5.74) is 8.78. The van der Waals surface area contributed by atoms with Gasteiger partial charge in [0.2, 0.25) is 5.95 Å². The third-order valence-corrected chi connectivity index (χ3v) is 7.33. The Morgan fingerprint density at radius 2 is 1.54 bits per heavy atom. The molecule has 41 heavy (non-hydrogen) atoms. The monoisotopic (exact) mass is 595 g/mol. The first-order valence-corrected chi connectivity index (χ1v) is 13.9. The molecule has 0 unspecified atom stereocenters. The number of nitrogens with zero attached hydrogens (tertiary/aromatic N) is 4. The molecule has 0 saturated heterocycles. The zero-order chi connectivity index (χ0) is 28.6. The van der Waals surface area contributed by atoms with E-state index in [4.69, 9.17) is 38.4 Å². The summed E-state index contributed by atoms with van der Waals surface area (Å²) in [5, 5.41) is 23.9. The van der Waals surface area contributed by atoms with Gasteiger partial charge in [-0.05, 0) is 41.8 Å². The number of ether oxygens (including phenoxy) is 2. The van der Waals surface area contributed by atoms with Crippen LogP contribution >= 0.6 is 23.2 Å². The number of halogens is 2. The molecule has 212 valence electrons.